The largest absolute Gasteiger partial charge is 0.233 e. The number of hydrogen-bond donors (Lipinski definition) is 0. The van der Waals surface area contributed by atoms with Gasteiger partial charge in [-0.25, -0.2) is 12.8 Å². The van der Waals surface area contributed by atoms with Crippen molar-refractivity contribution in [3.05, 3.63) is 0 Å². The Balaban J connectivity index is 3.85. The standard InChI is InChI=1S/CH2FIO2S/c2-1-6(3,4)5/h1H2. The molecule has 0 fully saturated rings. The van der Waals surface area contributed by atoms with Gasteiger partial charge in [-0.2, -0.15) is 0 Å². The molecule has 2 nitrogen and oxygen atoms in total. The number of alkyl halides is 1. The molecule has 0 atom stereocenters. The van der Waals surface area contributed by atoms with Gasteiger partial charge in [0.25, 0.3) is 0 Å². The van der Waals surface area contributed by atoms with E-state index in [0.717, 1.165) is 21.2 Å². The minimum atomic E-state index is -3.36. The highest BCUT2D eigenvalue weighted by atomic mass is 127. The Morgan fingerprint density at radius 2 is 1.83 bits per heavy atom. The van der Waals surface area contributed by atoms with E-state index >= 15 is 0 Å². The van der Waals surface area contributed by atoms with Crippen LogP contribution in [0.1, 0.15) is 0 Å². The van der Waals surface area contributed by atoms with Crippen molar-refractivity contribution in [2.75, 3.05) is 6.01 Å². The molecule has 0 saturated carbocycles. The van der Waals surface area contributed by atoms with Crippen molar-refractivity contribution in [1.29, 1.82) is 0 Å². The van der Waals surface area contributed by atoms with Crippen LogP contribution < -0.4 is 0 Å². The van der Waals surface area contributed by atoms with Gasteiger partial charge in [0.05, 0.1) is 21.2 Å². The zero-order valence-corrected chi connectivity index (χ0v) is 5.66. The van der Waals surface area contributed by atoms with E-state index in [1.54, 1.807) is 0 Å². The Morgan fingerprint density at radius 3 is 1.83 bits per heavy atom. The summed E-state index contributed by atoms with van der Waals surface area (Å²) in [5.41, 5.74) is 0. The van der Waals surface area contributed by atoms with Crippen LogP contribution in [0.15, 0.2) is 0 Å². The second-order valence-corrected chi connectivity index (χ2v) is 5.97. The molecule has 0 aromatic carbocycles. The van der Waals surface area contributed by atoms with Gasteiger partial charge in [-0.1, -0.05) is 0 Å². The lowest BCUT2D eigenvalue weighted by Crippen LogP contribution is -1.85. The zero-order chi connectivity index (χ0) is 5.21. The molecule has 38 valence electrons. The fraction of sp³-hybridized carbons (Fsp3) is 1.00. The van der Waals surface area contributed by atoms with E-state index in [-0.39, 0.29) is 0 Å². The van der Waals surface area contributed by atoms with Crippen LogP contribution in [0.25, 0.3) is 0 Å². The van der Waals surface area contributed by atoms with Gasteiger partial charge in [-0.15, -0.1) is 0 Å². The third-order valence-electron chi connectivity index (χ3n) is 0.130. The highest BCUT2D eigenvalue weighted by Gasteiger charge is 1.97. The maximum Gasteiger partial charge on any atom is 0.232 e. The monoisotopic (exact) mass is 224 g/mol. The Bertz CT molecular complexity index is 116. The van der Waals surface area contributed by atoms with Crippen molar-refractivity contribution < 1.29 is 12.8 Å². The summed E-state index contributed by atoms with van der Waals surface area (Å²) < 4.78 is 30.1. The summed E-state index contributed by atoms with van der Waals surface area (Å²) >= 11 is 1.04. The third kappa shape index (κ3) is 4.61. The predicted molar refractivity (Wildman–Crippen MR) is 28.9 cm³/mol. The predicted octanol–water partition coefficient (Wildman–Crippen LogP) is 0.678. The summed E-state index contributed by atoms with van der Waals surface area (Å²) in [6.07, 6.45) is 0. The maximum atomic E-state index is 10.9. The van der Waals surface area contributed by atoms with Gasteiger partial charge in [-0.3, -0.25) is 0 Å². The fourth-order valence-corrected chi connectivity index (χ4v) is 0. The van der Waals surface area contributed by atoms with E-state index in [9.17, 15) is 12.8 Å². The van der Waals surface area contributed by atoms with Crippen molar-refractivity contribution in [3.8, 4) is 0 Å². The molecule has 0 aliphatic carbocycles. The van der Waals surface area contributed by atoms with Gasteiger partial charge < -0.3 is 0 Å². The first kappa shape index (κ1) is 6.61. The van der Waals surface area contributed by atoms with Crippen LogP contribution in [0, 0.1) is 0 Å². The van der Waals surface area contributed by atoms with Crippen LogP contribution in [0.5, 0.6) is 0 Å². The van der Waals surface area contributed by atoms with Gasteiger partial charge in [0.1, 0.15) is 0 Å². The summed E-state index contributed by atoms with van der Waals surface area (Å²) in [4.78, 5) is 0. The van der Waals surface area contributed by atoms with Crippen LogP contribution in [0.2, 0.25) is 0 Å². The van der Waals surface area contributed by atoms with Gasteiger partial charge in [0, 0.05) is 0 Å². The first-order valence-corrected chi connectivity index (χ1v) is 5.24. The molecule has 6 heavy (non-hydrogen) atoms. The van der Waals surface area contributed by atoms with E-state index in [1.807, 2.05) is 0 Å². The molecule has 5 heteroatoms. The van der Waals surface area contributed by atoms with Crippen molar-refractivity contribution >= 4 is 28.2 Å². The van der Waals surface area contributed by atoms with E-state index in [4.69, 9.17) is 0 Å². The highest BCUT2D eigenvalue weighted by molar-refractivity contribution is 14.2. The van der Waals surface area contributed by atoms with Gasteiger partial charge in [0.2, 0.25) is 7.01 Å². The molecule has 0 aliphatic rings. The number of hydrogen-bond acceptors (Lipinski definition) is 2. The zero-order valence-electron chi connectivity index (χ0n) is 2.69. The average molecular weight is 224 g/mol. The quantitative estimate of drug-likeness (QED) is 0.484. The van der Waals surface area contributed by atoms with Crippen molar-refractivity contribution in [3.63, 3.8) is 0 Å². The normalized spacial score (nSPS) is 11.7. The van der Waals surface area contributed by atoms with Crippen LogP contribution in [0.3, 0.4) is 0 Å². The van der Waals surface area contributed by atoms with Crippen LogP contribution in [-0.4, -0.2) is 14.4 Å². The first-order chi connectivity index (χ1) is 2.56. The lowest BCUT2D eigenvalue weighted by molar-refractivity contribution is 0.548. The Morgan fingerprint density at radius 1 is 1.67 bits per heavy atom. The molecule has 0 rings (SSSR count). The Labute approximate surface area is 47.2 Å². The second kappa shape index (κ2) is 2.06. The number of halogens is 2. The van der Waals surface area contributed by atoms with E-state index in [0.29, 0.717) is 0 Å². The molecular formula is CH2FIO2S. The SMILES string of the molecule is O=S(=O)(I)CF. The molecule has 0 bridgehead atoms. The molecule has 0 aromatic rings. The smallest absolute Gasteiger partial charge is 0.232 e. The molecule has 0 spiro atoms. The number of rotatable bonds is 1. The van der Waals surface area contributed by atoms with Crippen molar-refractivity contribution in [1.82, 2.24) is 0 Å². The minimum absolute atomic E-state index is 1.04. The molecule has 0 radical (unpaired) electrons. The highest BCUT2D eigenvalue weighted by Crippen LogP contribution is 1.99. The Kier molecular flexibility index (Phi) is 2.27. The van der Waals surface area contributed by atoms with Gasteiger partial charge in [0.15, 0.2) is 6.01 Å². The van der Waals surface area contributed by atoms with E-state index in [2.05, 4.69) is 0 Å². The Hall–Kier alpha value is 0.610. The molecule has 0 N–H and O–H groups in total. The van der Waals surface area contributed by atoms with E-state index < -0.39 is 13.0 Å². The summed E-state index contributed by atoms with van der Waals surface area (Å²) in [7, 11) is -3.36. The maximum absolute atomic E-state index is 10.9. The fourth-order valence-electron chi connectivity index (χ4n) is 0. The van der Waals surface area contributed by atoms with Crippen molar-refractivity contribution in [2.45, 2.75) is 0 Å². The summed E-state index contributed by atoms with van der Waals surface area (Å²) in [6.45, 7) is 0. The molecular weight excluding hydrogens is 222 g/mol. The summed E-state index contributed by atoms with van der Waals surface area (Å²) in [6, 6.07) is -1.27. The first-order valence-electron chi connectivity index (χ1n) is 1.04. The molecule has 0 aliphatic heterocycles. The van der Waals surface area contributed by atoms with Crippen LogP contribution in [-0.2, 0) is 7.01 Å². The summed E-state index contributed by atoms with van der Waals surface area (Å²) in [5, 5.41) is 0. The third-order valence-corrected chi connectivity index (χ3v) is 1.10. The molecule has 0 amide bonds. The van der Waals surface area contributed by atoms with Crippen LogP contribution in [0.4, 0.5) is 4.39 Å². The summed E-state index contributed by atoms with van der Waals surface area (Å²) in [5.74, 6) is 0. The van der Waals surface area contributed by atoms with Crippen molar-refractivity contribution in [2.24, 2.45) is 0 Å². The van der Waals surface area contributed by atoms with Gasteiger partial charge in [-0.05, 0) is 0 Å². The van der Waals surface area contributed by atoms with Crippen LogP contribution >= 0.6 is 21.2 Å². The minimum Gasteiger partial charge on any atom is -0.233 e. The lowest BCUT2D eigenvalue weighted by atomic mass is 11.8. The van der Waals surface area contributed by atoms with E-state index in [1.165, 1.54) is 0 Å². The van der Waals surface area contributed by atoms with Gasteiger partial charge >= 0.3 is 0 Å². The molecule has 0 heterocycles. The topological polar surface area (TPSA) is 34.1 Å². The second-order valence-electron chi connectivity index (χ2n) is 0.648. The molecule has 0 saturated heterocycles. The average Bonchev–Trinajstić information content (AvgIpc) is 1.35. The molecule has 0 unspecified atom stereocenters. The lowest BCUT2D eigenvalue weighted by Gasteiger charge is -1.75. The molecule has 0 aromatic heterocycles.